The van der Waals surface area contributed by atoms with Crippen molar-refractivity contribution in [1.29, 1.82) is 0 Å². The van der Waals surface area contributed by atoms with Gasteiger partial charge in [-0.2, -0.15) is 0 Å². The van der Waals surface area contributed by atoms with Gasteiger partial charge >= 0.3 is 0 Å². The van der Waals surface area contributed by atoms with Crippen molar-refractivity contribution in [3.8, 4) is 0 Å². The average Bonchev–Trinajstić information content (AvgIpc) is 2.33. The molecule has 60 valence electrons. The van der Waals surface area contributed by atoms with E-state index in [4.69, 9.17) is 0 Å². The van der Waals surface area contributed by atoms with Crippen LogP contribution in [0, 0.1) is 5.41 Å². The third-order valence-electron chi connectivity index (χ3n) is 2.83. The molecule has 1 unspecified atom stereocenters. The van der Waals surface area contributed by atoms with E-state index in [0.717, 1.165) is 11.5 Å². The molecule has 2 heteroatoms. The SMILES string of the molecule is CCC1(CC)CCS(=O)C1. The first-order valence-electron chi connectivity index (χ1n) is 4.07. The van der Waals surface area contributed by atoms with Gasteiger partial charge in [-0.1, -0.05) is 13.8 Å². The van der Waals surface area contributed by atoms with Crippen LogP contribution in [0.1, 0.15) is 33.1 Å². The van der Waals surface area contributed by atoms with Gasteiger partial charge in [-0.05, 0) is 24.7 Å². The summed E-state index contributed by atoms with van der Waals surface area (Å²) in [6.45, 7) is 4.43. The molecule has 1 fully saturated rings. The van der Waals surface area contributed by atoms with Gasteiger partial charge in [0.2, 0.25) is 0 Å². The van der Waals surface area contributed by atoms with Gasteiger partial charge in [-0.25, -0.2) is 0 Å². The van der Waals surface area contributed by atoms with E-state index in [1.165, 1.54) is 19.3 Å². The highest BCUT2D eigenvalue weighted by Crippen LogP contribution is 2.36. The molecule has 1 saturated heterocycles. The second-order valence-corrected chi connectivity index (χ2v) is 4.82. The quantitative estimate of drug-likeness (QED) is 0.603. The van der Waals surface area contributed by atoms with Crippen LogP contribution >= 0.6 is 0 Å². The van der Waals surface area contributed by atoms with Crippen LogP contribution in [0.5, 0.6) is 0 Å². The second-order valence-electron chi connectivity index (χ2n) is 3.25. The van der Waals surface area contributed by atoms with Crippen LogP contribution in [-0.2, 0) is 10.8 Å². The van der Waals surface area contributed by atoms with Crippen molar-refractivity contribution in [3.05, 3.63) is 0 Å². The van der Waals surface area contributed by atoms with Gasteiger partial charge in [-0.3, -0.25) is 4.21 Å². The van der Waals surface area contributed by atoms with Gasteiger partial charge in [-0.15, -0.1) is 0 Å². The van der Waals surface area contributed by atoms with E-state index < -0.39 is 10.8 Å². The maximum atomic E-state index is 11.1. The van der Waals surface area contributed by atoms with Crippen molar-refractivity contribution >= 4 is 10.8 Å². The van der Waals surface area contributed by atoms with Crippen molar-refractivity contribution in [2.75, 3.05) is 11.5 Å². The fourth-order valence-electron chi connectivity index (χ4n) is 1.62. The van der Waals surface area contributed by atoms with E-state index in [-0.39, 0.29) is 0 Å². The molecular formula is C8H16OS. The minimum absolute atomic E-state index is 0.449. The molecule has 0 N–H and O–H groups in total. The molecule has 1 atom stereocenters. The molecule has 0 aromatic rings. The van der Waals surface area contributed by atoms with Gasteiger partial charge in [0.25, 0.3) is 0 Å². The van der Waals surface area contributed by atoms with Gasteiger partial charge in [0.05, 0.1) is 0 Å². The third-order valence-corrected chi connectivity index (χ3v) is 4.42. The van der Waals surface area contributed by atoms with Crippen LogP contribution in [0.4, 0.5) is 0 Å². The Balaban J connectivity index is 2.59. The van der Waals surface area contributed by atoms with Gasteiger partial charge < -0.3 is 0 Å². The summed E-state index contributed by atoms with van der Waals surface area (Å²) in [5.74, 6) is 1.90. The largest absolute Gasteiger partial charge is 0.260 e. The number of hydrogen-bond acceptors (Lipinski definition) is 1. The Morgan fingerprint density at radius 1 is 1.40 bits per heavy atom. The van der Waals surface area contributed by atoms with Gasteiger partial charge in [0.1, 0.15) is 0 Å². The predicted octanol–water partition coefficient (Wildman–Crippen LogP) is 1.95. The Hall–Kier alpha value is 0.150. The van der Waals surface area contributed by atoms with E-state index in [2.05, 4.69) is 13.8 Å². The molecule has 0 amide bonds. The molecule has 10 heavy (non-hydrogen) atoms. The molecule has 0 radical (unpaired) electrons. The molecule has 1 aliphatic rings. The zero-order chi connectivity index (χ0) is 7.61. The predicted molar refractivity (Wildman–Crippen MR) is 45.5 cm³/mol. The average molecular weight is 160 g/mol. The van der Waals surface area contributed by atoms with E-state index in [1.54, 1.807) is 0 Å². The molecular weight excluding hydrogens is 144 g/mol. The lowest BCUT2D eigenvalue weighted by Crippen LogP contribution is -2.18. The maximum absolute atomic E-state index is 11.1. The minimum Gasteiger partial charge on any atom is -0.260 e. The van der Waals surface area contributed by atoms with Crippen LogP contribution in [-0.4, -0.2) is 15.7 Å². The standard InChI is InChI=1S/C8H16OS/c1-3-8(4-2)5-6-10(9)7-8/h3-7H2,1-2H3. The van der Waals surface area contributed by atoms with Crippen molar-refractivity contribution in [2.24, 2.45) is 5.41 Å². The van der Waals surface area contributed by atoms with E-state index in [9.17, 15) is 4.21 Å². The lowest BCUT2D eigenvalue weighted by atomic mass is 9.82. The number of rotatable bonds is 2. The molecule has 0 bridgehead atoms. The summed E-state index contributed by atoms with van der Waals surface area (Å²) >= 11 is 0. The van der Waals surface area contributed by atoms with Crippen LogP contribution in [0.2, 0.25) is 0 Å². The first-order valence-corrected chi connectivity index (χ1v) is 5.56. The summed E-state index contributed by atoms with van der Waals surface area (Å²) in [5.41, 5.74) is 0.449. The van der Waals surface area contributed by atoms with E-state index in [0.29, 0.717) is 5.41 Å². The highest BCUT2D eigenvalue weighted by molar-refractivity contribution is 7.85. The normalized spacial score (nSPS) is 30.8. The van der Waals surface area contributed by atoms with Crippen LogP contribution in [0.15, 0.2) is 0 Å². The van der Waals surface area contributed by atoms with Crippen molar-refractivity contribution < 1.29 is 4.21 Å². The molecule has 1 aliphatic heterocycles. The van der Waals surface area contributed by atoms with Gasteiger partial charge in [0, 0.05) is 22.3 Å². The highest BCUT2D eigenvalue weighted by Gasteiger charge is 2.34. The molecule has 0 aliphatic carbocycles. The summed E-state index contributed by atoms with van der Waals surface area (Å²) in [4.78, 5) is 0. The zero-order valence-electron chi connectivity index (χ0n) is 6.85. The summed E-state index contributed by atoms with van der Waals surface area (Å²) in [6.07, 6.45) is 3.59. The van der Waals surface area contributed by atoms with E-state index in [1.807, 2.05) is 0 Å². The van der Waals surface area contributed by atoms with E-state index >= 15 is 0 Å². The summed E-state index contributed by atoms with van der Waals surface area (Å²) in [6, 6.07) is 0. The molecule has 1 rings (SSSR count). The topological polar surface area (TPSA) is 17.1 Å². The Labute approximate surface area is 65.7 Å². The van der Waals surface area contributed by atoms with Crippen molar-refractivity contribution in [3.63, 3.8) is 0 Å². The smallest absolute Gasteiger partial charge is 0.0291 e. The second kappa shape index (κ2) is 3.04. The Bertz CT molecular complexity index is 138. The molecule has 0 saturated carbocycles. The fourth-order valence-corrected chi connectivity index (χ4v) is 3.66. The molecule has 0 aromatic carbocycles. The van der Waals surface area contributed by atoms with Crippen molar-refractivity contribution in [1.82, 2.24) is 0 Å². The first kappa shape index (κ1) is 8.25. The number of hydrogen-bond donors (Lipinski definition) is 0. The van der Waals surface area contributed by atoms with Crippen LogP contribution in [0.25, 0.3) is 0 Å². The summed E-state index contributed by atoms with van der Waals surface area (Å²) in [5, 5.41) is 0. The van der Waals surface area contributed by atoms with Crippen LogP contribution < -0.4 is 0 Å². The zero-order valence-corrected chi connectivity index (χ0v) is 7.67. The van der Waals surface area contributed by atoms with Gasteiger partial charge in [0.15, 0.2) is 0 Å². The monoisotopic (exact) mass is 160 g/mol. The highest BCUT2D eigenvalue weighted by atomic mass is 32.2. The third kappa shape index (κ3) is 1.42. The van der Waals surface area contributed by atoms with Crippen molar-refractivity contribution in [2.45, 2.75) is 33.1 Å². The summed E-state index contributed by atoms with van der Waals surface area (Å²) in [7, 11) is -0.492. The summed E-state index contributed by atoms with van der Waals surface area (Å²) < 4.78 is 11.1. The maximum Gasteiger partial charge on any atom is 0.0291 e. The lowest BCUT2D eigenvalue weighted by Gasteiger charge is -2.23. The fraction of sp³-hybridized carbons (Fsp3) is 1.00. The molecule has 0 aromatic heterocycles. The Morgan fingerprint density at radius 2 is 2.00 bits per heavy atom. The first-order chi connectivity index (χ1) is 4.72. The minimum atomic E-state index is -0.492. The van der Waals surface area contributed by atoms with Crippen LogP contribution in [0.3, 0.4) is 0 Å². The molecule has 1 nitrogen and oxygen atoms in total. The Kier molecular flexibility index (Phi) is 2.50. The molecule has 1 heterocycles. The lowest BCUT2D eigenvalue weighted by molar-refractivity contribution is 0.309. The molecule has 0 spiro atoms. The Morgan fingerprint density at radius 3 is 2.20 bits per heavy atom.